The largest absolute Gasteiger partial charge is 0.357 e. The Bertz CT molecular complexity index is 547. The van der Waals surface area contributed by atoms with Crippen molar-refractivity contribution in [3.8, 4) is 0 Å². The second-order valence-electron chi connectivity index (χ2n) is 4.10. The molecule has 0 bridgehead atoms. The van der Waals surface area contributed by atoms with Crippen molar-refractivity contribution in [2.75, 3.05) is 5.32 Å². The van der Waals surface area contributed by atoms with Crippen molar-refractivity contribution in [3.05, 3.63) is 47.8 Å². The smallest absolute Gasteiger partial charge is 0.171 e. The van der Waals surface area contributed by atoms with Gasteiger partial charge in [0.2, 0.25) is 0 Å². The molecule has 0 aliphatic heterocycles. The Morgan fingerprint density at radius 1 is 1.33 bits per heavy atom. The van der Waals surface area contributed by atoms with Gasteiger partial charge < -0.3 is 10.6 Å². The van der Waals surface area contributed by atoms with Gasteiger partial charge in [-0.2, -0.15) is 5.10 Å². The van der Waals surface area contributed by atoms with E-state index in [4.69, 9.17) is 12.2 Å². The summed E-state index contributed by atoms with van der Waals surface area (Å²) in [5, 5.41) is 11.2. The Morgan fingerprint density at radius 3 is 2.78 bits per heavy atom. The summed E-state index contributed by atoms with van der Waals surface area (Å²) >= 11 is 5.24. The van der Waals surface area contributed by atoms with Gasteiger partial charge in [0.25, 0.3) is 0 Å². The van der Waals surface area contributed by atoms with Gasteiger partial charge in [0.1, 0.15) is 0 Å². The van der Waals surface area contributed by atoms with E-state index >= 15 is 0 Å². The zero-order valence-corrected chi connectivity index (χ0v) is 11.3. The fourth-order valence-electron chi connectivity index (χ4n) is 1.61. The number of rotatable bonds is 3. The standard InChI is InChI=1S/C13H16N4S/c1-10-5-3-4-6-12(10)15-13(18)14-9-11-7-8-17(2)16-11/h3-8H,9H2,1-2H3,(H2,14,15,18). The number of benzene rings is 1. The Hall–Kier alpha value is -1.88. The molecule has 94 valence electrons. The van der Waals surface area contributed by atoms with Crippen LogP contribution in [0.1, 0.15) is 11.3 Å². The maximum atomic E-state index is 5.24. The lowest BCUT2D eigenvalue weighted by molar-refractivity contribution is 0.731. The summed E-state index contributed by atoms with van der Waals surface area (Å²) in [7, 11) is 1.90. The quantitative estimate of drug-likeness (QED) is 0.830. The summed E-state index contributed by atoms with van der Waals surface area (Å²) in [4.78, 5) is 0. The van der Waals surface area contributed by atoms with Crippen LogP contribution in [-0.2, 0) is 13.6 Å². The minimum atomic E-state index is 0.606. The van der Waals surface area contributed by atoms with E-state index in [-0.39, 0.29) is 0 Å². The molecular formula is C13H16N4S. The Labute approximate surface area is 112 Å². The van der Waals surface area contributed by atoms with E-state index < -0.39 is 0 Å². The summed E-state index contributed by atoms with van der Waals surface area (Å²) in [6.45, 7) is 2.67. The molecule has 2 aromatic rings. The highest BCUT2D eigenvalue weighted by Gasteiger charge is 2.01. The van der Waals surface area contributed by atoms with Crippen molar-refractivity contribution in [2.24, 2.45) is 7.05 Å². The molecule has 0 fully saturated rings. The molecule has 0 saturated heterocycles. The van der Waals surface area contributed by atoms with Crippen LogP contribution in [0.3, 0.4) is 0 Å². The number of aromatic nitrogens is 2. The van der Waals surface area contributed by atoms with Crippen LogP contribution >= 0.6 is 12.2 Å². The molecule has 1 aromatic carbocycles. The number of nitrogens with zero attached hydrogens (tertiary/aromatic N) is 2. The predicted octanol–water partition coefficient (Wildman–Crippen LogP) is 2.22. The second kappa shape index (κ2) is 5.64. The van der Waals surface area contributed by atoms with Crippen molar-refractivity contribution in [3.63, 3.8) is 0 Å². The maximum Gasteiger partial charge on any atom is 0.171 e. The Kier molecular flexibility index (Phi) is 3.94. The summed E-state index contributed by atoms with van der Waals surface area (Å²) < 4.78 is 1.77. The van der Waals surface area contributed by atoms with Crippen LogP contribution < -0.4 is 10.6 Å². The molecule has 0 saturated carbocycles. The van der Waals surface area contributed by atoms with Gasteiger partial charge in [-0.3, -0.25) is 4.68 Å². The van der Waals surface area contributed by atoms with Crippen molar-refractivity contribution < 1.29 is 0 Å². The van der Waals surface area contributed by atoms with Crippen LogP contribution in [-0.4, -0.2) is 14.9 Å². The Morgan fingerprint density at radius 2 is 2.11 bits per heavy atom. The third-order valence-corrected chi connectivity index (χ3v) is 2.84. The van der Waals surface area contributed by atoms with E-state index in [1.807, 2.05) is 50.5 Å². The average molecular weight is 260 g/mol. The van der Waals surface area contributed by atoms with Crippen LogP contribution in [0.5, 0.6) is 0 Å². The van der Waals surface area contributed by atoms with E-state index in [1.54, 1.807) is 4.68 Å². The molecule has 0 spiro atoms. The van der Waals surface area contributed by atoms with Crippen LogP contribution in [0.25, 0.3) is 0 Å². The first-order chi connectivity index (χ1) is 8.65. The van der Waals surface area contributed by atoms with Gasteiger partial charge >= 0.3 is 0 Å². The molecule has 5 heteroatoms. The highest BCUT2D eigenvalue weighted by Crippen LogP contribution is 2.12. The lowest BCUT2D eigenvalue weighted by Gasteiger charge is -2.11. The number of thiocarbonyl (C=S) groups is 1. The third kappa shape index (κ3) is 3.30. The van der Waals surface area contributed by atoms with E-state index in [0.717, 1.165) is 11.4 Å². The second-order valence-corrected chi connectivity index (χ2v) is 4.51. The van der Waals surface area contributed by atoms with Gasteiger partial charge in [0, 0.05) is 18.9 Å². The predicted molar refractivity (Wildman–Crippen MR) is 77.4 cm³/mol. The maximum absolute atomic E-state index is 5.24. The highest BCUT2D eigenvalue weighted by molar-refractivity contribution is 7.80. The van der Waals surface area contributed by atoms with Gasteiger partial charge in [-0.25, -0.2) is 0 Å². The average Bonchev–Trinajstić information content (AvgIpc) is 2.76. The normalized spacial score (nSPS) is 10.1. The molecule has 0 atom stereocenters. The van der Waals surface area contributed by atoms with E-state index in [1.165, 1.54) is 5.56 Å². The molecule has 2 N–H and O–H groups in total. The van der Waals surface area contributed by atoms with E-state index in [2.05, 4.69) is 15.7 Å². The minimum Gasteiger partial charge on any atom is -0.357 e. The van der Waals surface area contributed by atoms with Gasteiger partial charge in [-0.05, 0) is 36.8 Å². The van der Waals surface area contributed by atoms with Gasteiger partial charge in [0.15, 0.2) is 5.11 Å². The topological polar surface area (TPSA) is 41.9 Å². The summed E-state index contributed by atoms with van der Waals surface area (Å²) in [5.41, 5.74) is 3.15. The van der Waals surface area contributed by atoms with Gasteiger partial charge in [-0.1, -0.05) is 18.2 Å². The number of aryl methyl sites for hydroxylation is 2. The summed E-state index contributed by atoms with van der Waals surface area (Å²) in [5.74, 6) is 0. The number of hydrogen-bond donors (Lipinski definition) is 2. The molecule has 1 heterocycles. The van der Waals surface area contributed by atoms with Crippen molar-refractivity contribution >= 4 is 23.0 Å². The highest BCUT2D eigenvalue weighted by atomic mass is 32.1. The van der Waals surface area contributed by atoms with E-state index in [9.17, 15) is 0 Å². The SMILES string of the molecule is Cc1ccccc1NC(=S)NCc1ccn(C)n1. The zero-order valence-electron chi connectivity index (χ0n) is 10.5. The van der Waals surface area contributed by atoms with Crippen LogP contribution in [0.4, 0.5) is 5.69 Å². The molecule has 0 amide bonds. The lowest BCUT2D eigenvalue weighted by Crippen LogP contribution is -2.28. The molecule has 0 unspecified atom stereocenters. The fourth-order valence-corrected chi connectivity index (χ4v) is 1.79. The van der Waals surface area contributed by atoms with Crippen LogP contribution in [0.15, 0.2) is 36.5 Å². The van der Waals surface area contributed by atoms with Crippen molar-refractivity contribution in [1.82, 2.24) is 15.1 Å². The summed E-state index contributed by atoms with van der Waals surface area (Å²) in [6, 6.07) is 10.00. The van der Waals surface area contributed by atoms with Gasteiger partial charge in [0.05, 0.1) is 12.2 Å². The molecule has 0 radical (unpaired) electrons. The zero-order chi connectivity index (χ0) is 13.0. The van der Waals surface area contributed by atoms with Crippen LogP contribution in [0, 0.1) is 6.92 Å². The number of para-hydroxylation sites is 1. The monoisotopic (exact) mass is 260 g/mol. The fraction of sp³-hybridized carbons (Fsp3) is 0.231. The first kappa shape index (κ1) is 12.6. The number of hydrogen-bond acceptors (Lipinski definition) is 2. The molecule has 4 nitrogen and oxygen atoms in total. The number of nitrogens with one attached hydrogen (secondary N) is 2. The molecule has 1 aromatic heterocycles. The molecular weight excluding hydrogens is 244 g/mol. The summed E-state index contributed by atoms with van der Waals surface area (Å²) in [6.07, 6.45) is 1.91. The minimum absolute atomic E-state index is 0.606. The molecule has 0 aliphatic rings. The third-order valence-electron chi connectivity index (χ3n) is 2.59. The molecule has 18 heavy (non-hydrogen) atoms. The molecule has 0 aliphatic carbocycles. The molecule has 2 rings (SSSR count). The number of anilines is 1. The first-order valence-corrected chi connectivity index (χ1v) is 6.15. The van der Waals surface area contributed by atoms with Crippen LogP contribution in [0.2, 0.25) is 0 Å². The van der Waals surface area contributed by atoms with Crippen molar-refractivity contribution in [1.29, 1.82) is 0 Å². The first-order valence-electron chi connectivity index (χ1n) is 5.74. The van der Waals surface area contributed by atoms with Crippen molar-refractivity contribution in [2.45, 2.75) is 13.5 Å². The van der Waals surface area contributed by atoms with Gasteiger partial charge in [-0.15, -0.1) is 0 Å². The van der Waals surface area contributed by atoms with E-state index in [0.29, 0.717) is 11.7 Å². The lowest BCUT2D eigenvalue weighted by atomic mass is 10.2. The Balaban J connectivity index is 1.88.